The van der Waals surface area contributed by atoms with Crippen LogP contribution in [0.3, 0.4) is 0 Å². The van der Waals surface area contributed by atoms with E-state index in [1.165, 1.54) is 24.3 Å². The number of hydrogen-bond donors (Lipinski definition) is 4. The van der Waals surface area contributed by atoms with Gasteiger partial charge in [0.2, 0.25) is 0 Å². The Balaban J connectivity index is 0. The van der Waals surface area contributed by atoms with Crippen LogP contribution in [-0.4, -0.2) is 75.8 Å². The topological polar surface area (TPSA) is 378 Å². The normalized spacial score (nSPS) is 11.3. The summed E-state index contributed by atoms with van der Waals surface area (Å²) in [7, 11) is -22.0. The predicted molar refractivity (Wildman–Crippen MR) is 144 cm³/mol. The number of fused-ring (bicyclic) bond motifs is 2. The molecule has 0 atom stereocenters. The minimum atomic E-state index is -5.59. The molecule has 0 aromatic heterocycles. The third-order valence-corrected chi connectivity index (χ3v) is 10.1. The Morgan fingerprint density at radius 3 is 0.731 bits per heavy atom. The maximum atomic E-state index is 11.6. The van der Waals surface area contributed by atoms with Gasteiger partial charge in [-0.25, -0.2) is 0 Å². The molecule has 20 nitrogen and oxygen atoms in total. The summed E-state index contributed by atoms with van der Waals surface area (Å²) in [5.41, 5.74) is -5.73. The van der Waals surface area contributed by atoms with E-state index in [2.05, 4.69) is 0 Å². The van der Waals surface area contributed by atoms with Gasteiger partial charge in [-0.2, -0.15) is 33.7 Å². The van der Waals surface area contributed by atoms with Crippen molar-refractivity contribution in [1.82, 2.24) is 0 Å². The summed E-state index contributed by atoms with van der Waals surface area (Å²) in [5.74, 6) is -9.12. The number of carboxylic acid groups (broad SMARTS) is 4. The Hall–Kier alpha value is -2.69. The molecule has 4 rings (SSSR count). The first-order chi connectivity index (χ1) is 21.7. The van der Waals surface area contributed by atoms with E-state index in [0.29, 0.717) is 0 Å². The van der Waals surface area contributed by atoms with Crippen molar-refractivity contribution in [2.24, 2.45) is 0 Å². The Morgan fingerprint density at radius 1 is 0.365 bits per heavy atom. The molecular formula is C24H12Li4O20S4. The van der Waals surface area contributed by atoms with E-state index in [4.69, 9.17) is 0 Å². The minimum absolute atomic E-state index is 0. The summed E-state index contributed by atoms with van der Waals surface area (Å²) >= 11 is 0. The number of benzene rings is 4. The first-order valence-corrected chi connectivity index (χ1v) is 17.4. The summed E-state index contributed by atoms with van der Waals surface area (Å²) < 4.78 is 129. The SMILES string of the molecule is O=C([O-])c1c(S(=O)(=O)O)c(S(=O)(=O)O)c2ccccc2c1C(=O)[O-].O=C([O-])c1c(S(=O)(=O)O)c(S(=O)(=O)O)c2ccccc2c1C(=O)[O-].[Li+].[Li+].[Li+].[Li+]. The van der Waals surface area contributed by atoms with Crippen molar-refractivity contribution in [2.45, 2.75) is 19.6 Å². The number of aromatic carboxylic acids is 4. The fourth-order valence-corrected chi connectivity index (χ4v) is 9.01. The third kappa shape index (κ3) is 10.3. The second-order valence-corrected chi connectivity index (χ2v) is 14.4. The number of hydrogen-bond acceptors (Lipinski definition) is 16. The van der Waals surface area contributed by atoms with E-state index in [9.17, 15) is 91.5 Å². The Bertz CT molecular complexity index is 2390. The minimum Gasteiger partial charge on any atom is -0.545 e. The molecule has 256 valence electrons. The Morgan fingerprint density at radius 2 is 0.558 bits per heavy atom. The molecule has 0 amide bonds. The molecule has 4 N–H and O–H groups in total. The standard InChI is InChI=1S/2C12H8O10S2.4Li/c2*13-11(14)7-5-3-1-2-4-6(5)9(23(17,18)19)10(24(20,21)22)8(7)12(15)16;;;;/h2*1-4H,(H,13,14)(H,15,16)(H,17,18,19)(H,20,21,22);;;;/q;;4*+1/p-4. The van der Waals surface area contributed by atoms with Crippen molar-refractivity contribution < 1.29 is 167 Å². The molecule has 0 unspecified atom stereocenters. The molecule has 0 bridgehead atoms. The van der Waals surface area contributed by atoms with Gasteiger partial charge in [0.1, 0.15) is 19.6 Å². The largest absolute Gasteiger partial charge is 1.00 e. The number of carboxylic acids is 4. The first kappa shape index (κ1) is 51.4. The average molecular weight is 776 g/mol. The van der Waals surface area contributed by atoms with Crippen LogP contribution in [0.15, 0.2) is 68.1 Å². The summed E-state index contributed by atoms with van der Waals surface area (Å²) in [5, 5.41) is 42.7. The zero-order valence-electron chi connectivity index (χ0n) is 26.6. The molecule has 0 saturated carbocycles. The van der Waals surface area contributed by atoms with Gasteiger partial charge in [0, 0.05) is 33.0 Å². The first-order valence-electron chi connectivity index (χ1n) is 11.7. The van der Waals surface area contributed by atoms with Crippen LogP contribution in [0.25, 0.3) is 21.5 Å². The second kappa shape index (κ2) is 18.1. The van der Waals surface area contributed by atoms with Crippen molar-refractivity contribution >= 4 is 85.9 Å². The van der Waals surface area contributed by atoms with Crippen molar-refractivity contribution in [1.29, 1.82) is 0 Å². The molecule has 4 aromatic carbocycles. The summed E-state index contributed by atoms with van der Waals surface area (Å²) in [6.07, 6.45) is 0. The van der Waals surface area contributed by atoms with Crippen molar-refractivity contribution in [2.75, 3.05) is 0 Å². The van der Waals surface area contributed by atoms with Gasteiger partial charge in [0.25, 0.3) is 40.5 Å². The smallest absolute Gasteiger partial charge is 0.545 e. The zero-order chi connectivity index (χ0) is 36.9. The van der Waals surface area contributed by atoms with Crippen LogP contribution in [0.1, 0.15) is 41.4 Å². The predicted octanol–water partition coefficient (Wildman–Crippen LogP) is -15.9. The second-order valence-electron chi connectivity index (χ2n) is 8.96. The molecule has 28 heteroatoms. The molecular weight excluding hydrogens is 764 g/mol. The molecule has 0 aliphatic rings. The van der Waals surface area contributed by atoms with Gasteiger partial charge in [0.15, 0.2) is 0 Å². The fraction of sp³-hybridized carbons (Fsp3) is 0. The molecule has 0 radical (unpaired) electrons. The van der Waals surface area contributed by atoms with Gasteiger partial charge in [-0.15, -0.1) is 0 Å². The molecule has 0 aliphatic heterocycles. The maximum absolute atomic E-state index is 11.6. The van der Waals surface area contributed by atoms with Gasteiger partial charge in [-0.1, -0.05) is 48.5 Å². The van der Waals surface area contributed by atoms with Gasteiger partial charge >= 0.3 is 75.4 Å². The Labute approximate surface area is 340 Å². The van der Waals surface area contributed by atoms with Crippen LogP contribution in [0, 0.1) is 0 Å². The molecule has 0 aliphatic carbocycles. The van der Waals surface area contributed by atoms with Crippen LogP contribution < -0.4 is 95.9 Å². The average Bonchev–Trinajstić information content (AvgIpc) is 2.92. The fourth-order valence-electron chi connectivity index (χ4n) is 4.58. The van der Waals surface area contributed by atoms with Crippen molar-refractivity contribution in [3.05, 3.63) is 70.8 Å². The van der Waals surface area contributed by atoms with E-state index < -0.39 is 128 Å². The molecule has 52 heavy (non-hydrogen) atoms. The quantitative estimate of drug-likeness (QED) is 0.0953. The molecule has 0 fully saturated rings. The summed E-state index contributed by atoms with van der Waals surface area (Å²) in [6, 6.07) is 8.51. The summed E-state index contributed by atoms with van der Waals surface area (Å²) in [4.78, 5) is 38.5. The van der Waals surface area contributed by atoms with Gasteiger partial charge in [-0.3, -0.25) is 18.2 Å². The van der Waals surface area contributed by atoms with Crippen molar-refractivity contribution in [3.63, 3.8) is 0 Å². The van der Waals surface area contributed by atoms with Crippen LogP contribution in [0.2, 0.25) is 0 Å². The van der Waals surface area contributed by atoms with E-state index in [-0.39, 0.29) is 75.4 Å². The van der Waals surface area contributed by atoms with Crippen molar-refractivity contribution in [3.8, 4) is 0 Å². The molecule has 0 saturated heterocycles. The van der Waals surface area contributed by atoms with Crippen LogP contribution >= 0.6 is 0 Å². The van der Waals surface area contributed by atoms with E-state index in [1.54, 1.807) is 0 Å². The zero-order valence-corrected chi connectivity index (χ0v) is 29.8. The van der Waals surface area contributed by atoms with Crippen LogP contribution in [0.5, 0.6) is 0 Å². The van der Waals surface area contributed by atoms with Crippen LogP contribution in [-0.2, 0) is 40.5 Å². The maximum Gasteiger partial charge on any atom is 1.00 e. The van der Waals surface area contributed by atoms with E-state index >= 15 is 0 Å². The van der Waals surface area contributed by atoms with E-state index in [1.807, 2.05) is 0 Å². The Kier molecular flexibility index (Phi) is 17.9. The van der Waals surface area contributed by atoms with Gasteiger partial charge < -0.3 is 39.6 Å². The van der Waals surface area contributed by atoms with Gasteiger partial charge in [0.05, 0.1) is 23.9 Å². The molecule has 4 aromatic rings. The number of carbonyl (C=O) groups excluding carboxylic acids is 4. The van der Waals surface area contributed by atoms with E-state index in [0.717, 1.165) is 24.3 Å². The molecule has 0 heterocycles. The van der Waals surface area contributed by atoms with Gasteiger partial charge in [-0.05, 0) is 10.8 Å². The number of carbonyl (C=O) groups is 4. The summed E-state index contributed by atoms with van der Waals surface area (Å²) in [6.45, 7) is 0. The monoisotopic (exact) mass is 776 g/mol. The molecule has 0 spiro atoms. The van der Waals surface area contributed by atoms with Crippen LogP contribution in [0.4, 0.5) is 0 Å². The number of rotatable bonds is 8. The third-order valence-electron chi connectivity index (χ3n) is 6.10.